The zero-order valence-electron chi connectivity index (χ0n) is 10.8. The van der Waals surface area contributed by atoms with E-state index < -0.39 is 0 Å². The molecule has 2 rings (SSSR count). The van der Waals surface area contributed by atoms with E-state index >= 15 is 0 Å². The van der Waals surface area contributed by atoms with Crippen LogP contribution in [0.4, 0.5) is 5.69 Å². The third-order valence-electron chi connectivity index (χ3n) is 3.45. The standard InChI is InChI=1S/C14H19NO3/c1-9-3-4-11(7-13(9)16)15-14(17)12-5-6-18-8-10(12)2/h3-4,7,10,12,16H,5-6,8H2,1-2H3,(H,15,17). The zero-order chi connectivity index (χ0) is 13.1. The summed E-state index contributed by atoms with van der Waals surface area (Å²) in [6, 6.07) is 5.17. The van der Waals surface area contributed by atoms with E-state index in [1.165, 1.54) is 0 Å². The Morgan fingerprint density at radius 1 is 1.50 bits per heavy atom. The van der Waals surface area contributed by atoms with Gasteiger partial charge >= 0.3 is 0 Å². The lowest BCUT2D eigenvalue weighted by molar-refractivity contribution is -0.125. The average molecular weight is 249 g/mol. The number of phenolic OH excluding ortho intramolecular Hbond substituents is 1. The van der Waals surface area contributed by atoms with Crippen molar-refractivity contribution in [3.8, 4) is 5.75 Å². The quantitative estimate of drug-likeness (QED) is 0.845. The Hall–Kier alpha value is -1.55. The number of aryl methyl sites for hydroxylation is 1. The van der Waals surface area contributed by atoms with Crippen LogP contribution in [0.15, 0.2) is 18.2 Å². The SMILES string of the molecule is Cc1ccc(NC(=O)C2CCOCC2C)cc1O. The summed E-state index contributed by atoms with van der Waals surface area (Å²) in [5, 5.41) is 12.5. The van der Waals surface area contributed by atoms with Gasteiger partial charge < -0.3 is 15.2 Å². The van der Waals surface area contributed by atoms with Crippen LogP contribution in [0.5, 0.6) is 5.75 Å². The number of phenols is 1. The van der Waals surface area contributed by atoms with Gasteiger partial charge in [0.2, 0.25) is 5.91 Å². The van der Waals surface area contributed by atoms with Gasteiger partial charge in [0, 0.05) is 30.9 Å². The van der Waals surface area contributed by atoms with Crippen molar-refractivity contribution in [3.63, 3.8) is 0 Å². The Morgan fingerprint density at radius 3 is 2.94 bits per heavy atom. The highest BCUT2D eigenvalue weighted by Gasteiger charge is 2.28. The predicted octanol–water partition coefficient (Wildman–Crippen LogP) is 2.31. The van der Waals surface area contributed by atoms with Gasteiger partial charge in [-0.15, -0.1) is 0 Å². The fourth-order valence-electron chi connectivity index (χ4n) is 2.19. The first-order valence-electron chi connectivity index (χ1n) is 6.26. The number of amides is 1. The van der Waals surface area contributed by atoms with Crippen molar-refractivity contribution in [3.05, 3.63) is 23.8 Å². The maximum Gasteiger partial charge on any atom is 0.227 e. The number of aromatic hydroxyl groups is 1. The van der Waals surface area contributed by atoms with Crippen molar-refractivity contribution in [2.45, 2.75) is 20.3 Å². The second kappa shape index (κ2) is 5.40. The van der Waals surface area contributed by atoms with Crippen LogP contribution in [0.3, 0.4) is 0 Å². The van der Waals surface area contributed by atoms with Gasteiger partial charge in [0.1, 0.15) is 5.75 Å². The van der Waals surface area contributed by atoms with Gasteiger partial charge in [-0.1, -0.05) is 13.0 Å². The van der Waals surface area contributed by atoms with E-state index in [0.29, 0.717) is 18.9 Å². The Kier molecular flexibility index (Phi) is 3.87. The molecule has 1 heterocycles. The van der Waals surface area contributed by atoms with E-state index in [4.69, 9.17) is 4.74 Å². The molecule has 0 aliphatic carbocycles. The summed E-state index contributed by atoms with van der Waals surface area (Å²) in [5.74, 6) is 0.432. The fraction of sp³-hybridized carbons (Fsp3) is 0.500. The maximum atomic E-state index is 12.1. The minimum atomic E-state index is -0.0119. The maximum absolute atomic E-state index is 12.1. The largest absolute Gasteiger partial charge is 0.508 e. The molecule has 18 heavy (non-hydrogen) atoms. The monoisotopic (exact) mass is 249 g/mol. The molecule has 1 amide bonds. The Labute approximate surface area is 107 Å². The Morgan fingerprint density at radius 2 is 2.28 bits per heavy atom. The van der Waals surface area contributed by atoms with Gasteiger partial charge in [0.15, 0.2) is 0 Å². The molecule has 1 aromatic rings. The molecule has 2 atom stereocenters. The Balaban J connectivity index is 2.04. The van der Waals surface area contributed by atoms with E-state index in [1.807, 2.05) is 13.8 Å². The number of anilines is 1. The molecule has 1 aromatic carbocycles. The summed E-state index contributed by atoms with van der Waals surface area (Å²) >= 11 is 0. The molecular weight excluding hydrogens is 230 g/mol. The van der Waals surface area contributed by atoms with Crippen molar-refractivity contribution >= 4 is 11.6 Å². The first-order valence-corrected chi connectivity index (χ1v) is 6.26. The lowest BCUT2D eigenvalue weighted by atomic mass is 9.89. The summed E-state index contributed by atoms with van der Waals surface area (Å²) in [4.78, 5) is 12.1. The van der Waals surface area contributed by atoms with Crippen LogP contribution in [0, 0.1) is 18.8 Å². The average Bonchev–Trinajstić information content (AvgIpc) is 2.34. The number of benzene rings is 1. The van der Waals surface area contributed by atoms with Crippen LogP contribution < -0.4 is 5.32 Å². The topological polar surface area (TPSA) is 58.6 Å². The van der Waals surface area contributed by atoms with Crippen LogP contribution in [-0.4, -0.2) is 24.2 Å². The number of rotatable bonds is 2. The number of ether oxygens (including phenoxy) is 1. The zero-order valence-corrected chi connectivity index (χ0v) is 10.8. The molecular formula is C14H19NO3. The van der Waals surface area contributed by atoms with E-state index in [9.17, 15) is 9.90 Å². The highest BCUT2D eigenvalue weighted by atomic mass is 16.5. The van der Waals surface area contributed by atoms with Crippen LogP contribution >= 0.6 is 0 Å². The lowest BCUT2D eigenvalue weighted by Crippen LogP contribution is -2.34. The van der Waals surface area contributed by atoms with Crippen LogP contribution in [0.25, 0.3) is 0 Å². The van der Waals surface area contributed by atoms with Gasteiger partial charge in [-0.25, -0.2) is 0 Å². The Bertz CT molecular complexity index is 445. The minimum absolute atomic E-state index is 0.00838. The van der Waals surface area contributed by atoms with Gasteiger partial charge in [0.25, 0.3) is 0 Å². The number of carbonyl (C=O) groups excluding carboxylic acids is 1. The molecule has 0 aromatic heterocycles. The van der Waals surface area contributed by atoms with E-state index in [-0.39, 0.29) is 23.5 Å². The normalized spacial score (nSPS) is 23.7. The molecule has 98 valence electrons. The van der Waals surface area contributed by atoms with Crippen LogP contribution in [0.2, 0.25) is 0 Å². The van der Waals surface area contributed by atoms with E-state index in [1.54, 1.807) is 18.2 Å². The molecule has 4 nitrogen and oxygen atoms in total. The predicted molar refractivity (Wildman–Crippen MR) is 69.6 cm³/mol. The molecule has 0 saturated carbocycles. The molecule has 0 radical (unpaired) electrons. The summed E-state index contributed by atoms with van der Waals surface area (Å²) in [6.45, 7) is 5.12. The highest BCUT2D eigenvalue weighted by Crippen LogP contribution is 2.25. The summed E-state index contributed by atoms with van der Waals surface area (Å²) < 4.78 is 5.33. The van der Waals surface area contributed by atoms with E-state index in [0.717, 1.165) is 12.0 Å². The molecule has 1 saturated heterocycles. The fourth-order valence-corrected chi connectivity index (χ4v) is 2.19. The number of hydrogen-bond acceptors (Lipinski definition) is 3. The smallest absolute Gasteiger partial charge is 0.227 e. The third-order valence-corrected chi connectivity index (χ3v) is 3.45. The molecule has 4 heteroatoms. The number of hydrogen-bond donors (Lipinski definition) is 2. The molecule has 1 fully saturated rings. The first kappa shape index (κ1) is 12.9. The second-order valence-corrected chi connectivity index (χ2v) is 4.94. The lowest BCUT2D eigenvalue weighted by Gasteiger charge is -2.27. The molecule has 1 aliphatic heterocycles. The molecule has 0 spiro atoms. The molecule has 2 unspecified atom stereocenters. The van der Waals surface area contributed by atoms with Crippen molar-refractivity contribution in [2.24, 2.45) is 11.8 Å². The van der Waals surface area contributed by atoms with Gasteiger partial charge in [-0.3, -0.25) is 4.79 Å². The van der Waals surface area contributed by atoms with Crippen molar-refractivity contribution < 1.29 is 14.6 Å². The molecule has 1 aliphatic rings. The minimum Gasteiger partial charge on any atom is -0.508 e. The highest BCUT2D eigenvalue weighted by molar-refractivity contribution is 5.93. The van der Waals surface area contributed by atoms with Crippen molar-refractivity contribution in [1.29, 1.82) is 0 Å². The van der Waals surface area contributed by atoms with Gasteiger partial charge in [0.05, 0.1) is 0 Å². The molecule has 2 N–H and O–H groups in total. The van der Waals surface area contributed by atoms with Gasteiger partial charge in [-0.2, -0.15) is 0 Å². The number of carbonyl (C=O) groups is 1. The number of nitrogens with one attached hydrogen (secondary N) is 1. The van der Waals surface area contributed by atoms with Crippen molar-refractivity contribution in [2.75, 3.05) is 18.5 Å². The van der Waals surface area contributed by atoms with Gasteiger partial charge in [-0.05, 0) is 30.9 Å². The van der Waals surface area contributed by atoms with Crippen molar-refractivity contribution in [1.82, 2.24) is 0 Å². The summed E-state index contributed by atoms with van der Waals surface area (Å²) in [6.07, 6.45) is 0.755. The summed E-state index contributed by atoms with van der Waals surface area (Å²) in [5.41, 5.74) is 1.44. The third kappa shape index (κ3) is 2.82. The van der Waals surface area contributed by atoms with Crippen LogP contribution in [-0.2, 0) is 9.53 Å². The van der Waals surface area contributed by atoms with Crippen LogP contribution in [0.1, 0.15) is 18.9 Å². The van der Waals surface area contributed by atoms with E-state index in [2.05, 4.69) is 5.32 Å². The first-order chi connectivity index (χ1) is 8.58. The summed E-state index contributed by atoms with van der Waals surface area (Å²) in [7, 11) is 0. The second-order valence-electron chi connectivity index (χ2n) is 4.94. The molecule has 0 bridgehead atoms.